The van der Waals surface area contributed by atoms with Crippen LogP contribution in [0.3, 0.4) is 0 Å². The van der Waals surface area contributed by atoms with Crippen molar-refractivity contribution < 1.29 is 9.13 Å². The monoisotopic (exact) mass is 317 g/mol. The van der Waals surface area contributed by atoms with Crippen molar-refractivity contribution >= 4 is 17.3 Å². The van der Waals surface area contributed by atoms with Crippen LogP contribution in [0.2, 0.25) is 5.02 Å². The fraction of sp³-hybridized carbons (Fsp3) is 0.333. The molecule has 2 heterocycles. The Balaban J connectivity index is 1.77. The van der Waals surface area contributed by atoms with Gasteiger partial charge in [-0.15, -0.1) is 0 Å². The Morgan fingerprint density at radius 2 is 1.95 bits per heavy atom. The van der Waals surface area contributed by atoms with Crippen LogP contribution >= 0.6 is 11.6 Å². The lowest BCUT2D eigenvalue weighted by atomic mass is 9.77. The van der Waals surface area contributed by atoms with Crippen LogP contribution in [-0.4, -0.2) is 6.61 Å². The van der Waals surface area contributed by atoms with Crippen molar-refractivity contribution in [1.82, 2.24) is 0 Å². The highest BCUT2D eigenvalue weighted by Gasteiger charge is 2.39. The largest absolute Gasteiger partial charge is 0.378 e. The molecule has 0 bridgehead atoms. The van der Waals surface area contributed by atoms with Crippen LogP contribution in [-0.2, 0) is 4.74 Å². The molecule has 2 aromatic carbocycles. The third-order valence-corrected chi connectivity index (χ3v) is 4.89. The number of hydrogen-bond donors (Lipinski definition) is 1. The third kappa shape index (κ3) is 2.38. The zero-order valence-corrected chi connectivity index (χ0v) is 12.8. The van der Waals surface area contributed by atoms with E-state index in [0.29, 0.717) is 5.92 Å². The zero-order valence-electron chi connectivity index (χ0n) is 12.1. The lowest BCUT2D eigenvalue weighted by Crippen LogP contribution is -2.36. The molecule has 3 atom stereocenters. The summed E-state index contributed by atoms with van der Waals surface area (Å²) in [7, 11) is 0. The Kier molecular flexibility index (Phi) is 3.55. The van der Waals surface area contributed by atoms with E-state index in [1.807, 2.05) is 30.3 Å². The van der Waals surface area contributed by atoms with Gasteiger partial charge in [0.25, 0.3) is 0 Å². The molecular weight excluding hydrogens is 301 g/mol. The first-order valence-electron chi connectivity index (χ1n) is 7.65. The number of fused-ring (bicyclic) bond motifs is 3. The molecule has 0 amide bonds. The smallest absolute Gasteiger partial charge is 0.123 e. The van der Waals surface area contributed by atoms with Crippen molar-refractivity contribution in [3.8, 4) is 0 Å². The zero-order chi connectivity index (χ0) is 15.1. The molecule has 3 unspecified atom stereocenters. The second-order valence-electron chi connectivity index (χ2n) is 6.00. The topological polar surface area (TPSA) is 21.3 Å². The minimum absolute atomic E-state index is 0.0544. The van der Waals surface area contributed by atoms with Crippen LogP contribution < -0.4 is 5.32 Å². The number of benzene rings is 2. The normalized spacial score (nSPS) is 26.7. The summed E-state index contributed by atoms with van der Waals surface area (Å²) in [6.45, 7) is 0.781. The summed E-state index contributed by atoms with van der Waals surface area (Å²) < 4.78 is 19.3. The van der Waals surface area contributed by atoms with Crippen molar-refractivity contribution in [3.63, 3.8) is 0 Å². The average Bonchev–Trinajstić information content (AvgIpc) is 2.55. The molecule has 1 saturated heterocycles. The van der Waals surface area contributed by atoms with Gasteiger partial charge in [0.1, 0.15) is 5.82 Å². The van der Waals surface area contributed by atoms with Crippen molar-refractivity contribution in [2.24, 2.45) is 5.92 Å². The van der Waals surface area contributed by atoms with E-state index >= 15 is 0 Å². The lowest BCUT2D eigenvalue weighted by Gasteiger charge is -2.43. The second kappa shape index (κ2) is 5.56. The molecule has 114 valence electrons. The number of nitrogens with one attached hydrogen (secondary N) is 1. The van der Waals surface area contributed by atoms with Crippen LogP contribution in [0, 0.1) is 11.7 Å². The molecule has 0 radical (unpaired) electrons. The number of hydrogen-bond acceptors (Lipinski definition) is 2. The van der Waals surface area contributed by atoms with E-state index in [-0.39, 0.29) is 18.0 Å². The number of anilines is 1. The average molecular weight is 318 g/mol. The van der Waals surface area contributed by atoms with Gasteiger partial charge >= 0.3 is 0 Å². The summed E-state index contributed by atoms with van der Waals surface area (Å²) in [5, 5.41) is 4.33. The SMILES string of the molecule is Fc1ccc(C2Nc3ccc(Cl)cc3C3OCCCC23)cc1. The molecule has 2 nitrogen and oxygen atoms in total. The second-order valence-corrected chi connectivity index (χ2v) is 6.44. The highest BCUT2D eigenvalue weighted by molar-refractivity contribution is 6.30. The Hall–Kier alpha value is -1.58. The molecule has 4 rings (SSSR count). The third-order valence-electron chi connectivity index (χ3n) is 4.66. The molecule has 2 aromatic rings. The quantitative estimate of drug-likeness (QED) is 0.788. The summed E-state index contributed by atoms with van der Waals surface area (Å²) >= 11 is 6.15. The van der Waals surface area contributed by atoms with Gasteiger partial charge in [-0.3, -0.25) is 0 Å². The van der Waals surface area contributed by atoms with E-state index in [9.17, 15) is 4.39 Å². The van der Waals surface area contributed by atoms with E-state index < -0.39 is 0 Å². The van der Waals surface area contributed by atoms with Crippen LogP contribution in [0.25, 0.3) is 0 Å². The van der Waals surface area contributed by atoms with Crippen molar-refractivity contribution in [3.05, 3.63) is 64.4 Å². The summed E-state index contributed by atoms with van der Waals surface area (Å²) in [5.41, 5.74) is 3.29. The standard InChI is InChI=1S/C18H17ClFNO/c19-12-5-8-16-15(10-12)18-14(2-1-9-22-18)17(21-16)11-3-6-13(20)7-4-11/h3-8,10,14,17-18,21H,1-2,9H2. The molecule has 4 heteroatoms. The summed E-state index contributed by atoms with van der Waals surface area (Å²) in [6.07, 6.45) is 2.20. The maximum Gasteiger partial charge on any atom is 0.123 e. The predicted octanol–water partition coefficient (Wildman–Crippen LogP) is 5.11. The minimum Gasteiger partial charge on any atom is -0.378 e. The van der Waals surface area contributed by atoms with Gasteiger partial charge in [-0.25, -0.2) is 4.39 Å². The van der Waals surface area contributed by atoms with Gasteiger partial charge in [-0.05, 0) is 48.7 Å². The van der Waals surface area contributed by atoms with Crippen molar-refractivity contribution in [2.45, 2.75) is 25.0 Å². The Labute approximate surface area is 134 Å². The number of halogens is 2. The maximum absolute atomic E-state index is 13.2. The summed E-state index contributed by atoms with van der Waals surface area (Å²) in [6, 6.07) is 12.8. The van der Waals surface area contributed by atoms with Crippen LogP contribution in [0.5, 0.6) is 0 Å². The van der Waals surface area contributed by atoms with E-state index in [1.54, 1.807) is 0 Å². The number of ether oxygens (including phenoxy) is 1. The fourth-order valence-corrected chi connectivity index (χ4v) is 3.82. The highest BCUT2D eigenvalue weighted by atomic mass is 35.5. The Bertz CT molecular complexity index is 688. The number of rotatable bonds is 1. The molecule has 0 saturated carbocycles. The van der Waals surface area contributed by atoms with Gasteiger partial charge < -0.3 is 10.1 Å². The Morgan fingerprint density at radius 1 is 1.14 bits per heavy atom. The molecule has 0 aliphatic carbocycles. The maximum atomic E-state index is 13.2. The molecule has 2 aliphatic heterocycles. The predicted molar refractivity (Wildman–Crippen MR) is 85.6 cm³/mol. The van der Waals surface area contributed by atoms with E-state index in [2.05, 4.69) is 5.32 Å². The summed E-state index contributed by atoms with van der Waals surface area (Å²) in [5.74, 6) is 0.133. The van der Waals surface area contributed by atoms with Gasteiger partial charge in [-0.2, -0.15) is 0 Å². The molecule has 1 fully saturated rings. The van der Waals surface area contributed by atoms with Gasteiger partial charge in [0.2, 0.25) is 0 Å². The van der Waals surface area contributed by atoms with Crippen molar-refractivity contribution in [2.75, 3.05) is 11.9 Å². The van der Waals surface area contributed by atoms with Gasteiger partial charge in [-0.1, -0.05) is 23.7 Å². The molecule has 0 aromatic heterocycles. The van der Waals surface area contributed by atoms with Gasteiger partial charge in [0, 0.05) is 28.8 Å². The lowest BCUT2D eigenvalue weighted by molar-refractivity contribution is -0.0381. The first-order chi connectivity index (χ1) is 10.7. The molecule has 22 heavy (non-hydrogen) atoms. The van der Waals surface area contributed by atoms with Gasteiger partial charge in [0.15, 0.2) is 0 Å². The van der Waals surface area contributed by atoms with Crippen LogP contribution in [0.4, 0.5) is 10.1 Å². The first kappa shape index (κ1) is 14.0. The molecule has 0 spiro atoms. The molecule has 2 aliphatic rings. The fourth-order valence-electron chi connectivity index (χ4n) is 3.64. The van der Waals surface area contributed by atoms with Crippen LogP contribution in [0.15, 0.2) is 42.5 Å². The summed E-state index contributed by atoms with van der Waals surface area (Å²) in [4.78, 5) is 0. The van der Waals surface area contributed by atoms with E-state index in [1.165, 1.54) is 12.1 Å². The van der Waals surface area contributed by atoms with Gasteiger partial charge in [0.05, 0.1) is 12.1 Å². The molecule has 1 N–H and O–H groups in total. The van der Waals surface area contributed by atoms with Crippen molar-refractivity contribution in [1.29, 1.82) is 0 Å². The van der Waals surface area contributed by atoms with E-state index in [0.717, 1.165) is 41.3 Å². The minimum atomic E-state index is -0.205. The van der Waals surface area contributed by atoms with E-state index in [4.69, 9.17) is 16.3 Å². The first-order valence-corrected chi connectivity index (χ1v) is 8.03. The Morgan fingerprint density at radius 3 is 2.77 bits per heavy atom. The van der Waals surface area contributed by atoms with Crippen LogP contribution in [0.1, 0.15) is 36.1 Å². The highest BCUT2D eigenvalue weighted by Crippen LogP contribution is 2.49. The molecular formula is C18H17ClFNO.